The molecule has 0 unspecified atom stereocenters. The van der Waals surface area contributed by atoms with Crippen LogP contribution in [0.5, 0.6) is 0 Å². The van der Waals surface area contributed by atoms with Crippen molar-refractivity contribution in [3.8, 4) is 0 Å². The van der Waals surface area contributed by atoms with Gasteiger partial charge in [0.05, 0.1) is 25.2 Å². The minimum Gasteiger partial charge on any atom is -0.469 e. The molecule has 4 nitrogen and oxygen atoms in total. The number of rotatable bonds is 6. The first-order valence-electron chi connectivity index (χ1n) is 11.3. The van der Waals surface area contributed by atoms with E-state index in [-0.39, 0.29) is 28.9 Å². The van der Waals surface area contributed by atoms with Crippen molar-refractivity contribution in [1.29, 1.82) is 0 Å². The maximum atomic E-state index is 12.4. The summed E-state index contributed by atoms with van der Waals surface area (Å²) in [6, 6.07) is 21.0. The lowest BCUT2D eigenvalue weighted by Crippen LogP contribution is -2.69. The van der Waals surface area contributed by atoms with Crippen molar-refractivity contribution < 1.29 is 19.1 Å². The quantitative estimate of drug-likeness (QED) is 0.547. The Morgan fingerprint density at radius 1 is 1.00 bits per heavy atom. The van der Waals surface area contributed by atoms with Crippen molar-refractivity contribution in [3.05, 3.63) is 60.7 Å². The van der Waals surface area contributed by atoms with Crippen molar-refractivity contribution in [3.63, 3.8) is 0 Å². The Bertz CT molecular complexity index is 807. The van der Waals surface area contributed by atoms with Gasteiger partial charge in [-0.2, -0.15) is 0 Å². The summed E-state index contributed by atoms with van der Waals surface area (Å²) in [5, 5.41) is 13.2. The van der Waals surface area contributed by atoms with Crippen LogP contribution in [-0.4, -0.2) is 38.7 Å². The molecule has 0 bridgehead atoms. The zero-order valence-corrected chi connectivity index (χ0v) is 20.4. The number of benzene rings is 2. The molecule has 1 aliphatic carbocycles. The number of carbonyl (C=O) groups excluding carboxylic acids is 1. The van der Waals surface area contributed by atoms with Gasteiger partial charge in [0.1, 0.15) is 0 Å². The van der Waals surface area contributed by atoms with E-state index in [0.29, 0.717) is 12.8 Å². The molecule has 168 valence electrons. The van der Waals surface area contributed by atoms with E-state index in [1.54, 1.807) is 0 Å². The zero-order valence-electron chi connectivity index (χ0n) is 19.4. The van der Waals surface area contributed by atoms with E-state index in [1.165, 1.54) is 17.5 Å². The van der Waals surface area contributed by atoms with Gasteiger partial charge in [0.2, 0.25) is 0 Å². The number of carbonyl (C=O) groups is 1. The maximum Gasteiger partial charge on any atom is 0.308 e. The summed E-state index contributed by atoms with van der Waals surface area (Å²) in [6.07, 6.45) is 1.02. The molecule has 0 radical (unpaired) electrons. The minimum absolute atomic E-state index is 0.0115. The van der Waals surface area contributed by atoms with Gasteiger partial charge in [-0.15, -0.1) is 0 Å². The fraction of sp³-hybridized carbons (Fsp3) is 0.500. The fourth-order valence-electron chi connectivity index (χ4n) is 5.21. The summed E-state index contributed by atoms with van der Waals surface area (Å²) in [6.45, 7) is 8.83. The second-order valence-electron chi connectivity index (χ2n) is 9.65. The van der Waals surface area contributed by atoms with Crippen LogP contribution in [0.2, 0.25) is 5.04 Å². The standard InChI is InChI=1S/C26H36O4Si/c1-6-22-23(27)17-19(25(28)29-5)18-24(22)30-31(26(2,3)4,20-13-9-7-10-14-20)21-15-11-8-12-16-21/h7-16,19,22-24,27H,6,17-18H2,1-5H3/t19-,22+,23-,24-/m0/s1. The average Bonchev–Trinajstić information content (AvgIpc) is 2.77. The van der Waals surface area contributed by atoms with Crippen molar-refractivity contribution in [2.24, 2.45) is 11.8 Å². The molecule has 0 aliphatic heterocycles. The average molecular weight is 441 g/mol. The van der Waals surface area contributed by atoms with Gasteiger partial charge in [0.15, 0.2) is 0 Å². The van der Waals surface area contributed by atoms with E-state index in [1.807, 2.05) is 12.1 Å². The smallest absolute Gasteiger partial charge is 0.308 e. The predicted octanol–water partition coefficient (Wildman–Crippen LogP) is 3.90. The van der Waals surface area contributed by atoms with Crippen LogP contribution in [0.1, 0.15) is 47.0 Å². The predicted molar refractivity (Wildman–Crippen MR) is 127 cm³/mol. The van der Waals surface area contributed by atoms with Crippen LogP contribution in [0.4, 0.5) is 0 Å². The van der Waals surface area contributed by atoms with Gasteiger partial charge >= 0.3 is 5.97 Å². The lowest BCUT2D eigenvalue weighted by atomic mass is 9.76. The number of ether oxygens (including phenoxy) is 1. The number of esters is 1. The number of methoxy groups -OCH3 is 1. The highest BCUT2D eigenvalue weighted by molar-refractivity contribution is 6.99. The van der Waals surface area contributed by atoms with Crippen LogP contribution in [0.3, 0.4) is 0 Å². The molecule has 2 aromatic carbocycles. The lowest BCUT2D eigenvalue weighted by molar-refractivity contribution is -0.152. The summed E-state index contributed by atoms with van der Waals surface area (Å²) < 4.78 is 12.3. The monoisotopic (exact) mass is 440 g/mol. The van der Waals surface area contributed by atoms with Gasteiger partial charge in [-0.1, -0.05) is 88.4 Å². The van der Waals surface area contributed by atoms with Crippen molar-refractivity contribution in [2.45, 2.75) is 64.2 Å². The molecule has 1 fully saturated rings. The highest BCUT2D eigenvalue weighted by Gasteiger charge is 2.53. The SMILES string of the molecule is CC[C@H]1[C@@H](O[Si](c2ccccc2)(c2ccccc2)C(C)(C)C)C[C@@H](C(=O)OC)C[C@@H]1O. The number of aliphatic hydroxyl groups is 1. The molecule has 1 aliphatic rings. The zero-order chi connectivity index (χ0) is 22.6. The molecule has 1 N–H and O–H groups in total. The molecule has 5 heteroatoms. The maximum absolute atomic E-state index is 12.4. The summed E-state index contributed by atoms with van der Waals surface area (Å²) in [7, 11) is -1.35. The summed E-state index contributed by atoms with van der Waals surface area (Å²) in [5.74, 6) is -0.613. The van der Waals surface area contributed by atoms with E-state index >= 15 is 0 Å². The summed E-state index contributed by atoms with van der Waals surface area (Å²) in [5.41, 5.74) is 0. The largest absolute Gasteiger partial charge is 0.469 e. The van der Waals surface area contributed by atoms with E-state index in [4.69, 9.17) is 9.16 Å². The highest BCUT2D eigenvalue weighted by Crippen LogP contribution is 2.42. The first kappa shape index (κ1) is 23.7. The molecule has 0 amide bonds. The number of hydrogen-bond acceptors (Lipinski definition) is 4. The van der Waals surface area contributed by atoms with Crippen LogP contribution in [-0.2, 0) is 14.0 Å². The summed E-state index contributed by atoms with van der Waals surface area (Å²) in [4.78, 5) is 12.4. The van der Waals surface area contributed by atoms with E-state index in [9.17, 15) is 9.90 Å². The number of aliphatic hydroxyl groups excluding tert-OH is 1. The molecule has 3 rings (SSSR count). The normalized spacial score (nSPS) is 24.6. The molecule has 4 atom stereocenters. The molecule has 1 saturated carbocycles. The fourth-order valence-corrected chi connectivity index (χ4v) is 9.95. The topological polar surface area (TPSA) is 55.8 Å². The van der Waals surface area contributed by atoms with E-state index in [0.717, 1.165) is 6.42 Å². The van der Waals surface area contributed by atoms with Crippen LogP contribution in [0.15, 0.2) is 60.7 Å². The first-order valence-corrected chi connectivity index (χ1v) is 13.2. The van der Waals surface area contributed by atoms with Gasteiger partial charge in [-0.25, -0.2) is 0 Å². The Labute approximate surface area is 187 Å². The molecular formula is C26H36O4Si. The first-order chi connectivity index (χ1) is 14.7. The Kier molecular flexibility index (Phi) is 7.40. The van der Waals surface area contributed by atoms with Gasteiger partial charge < -0.3 is 14.3 Å². The molecular weight excluding hydrogens is 404 g/mol. The van der Waals surface area contributed by atoms with Crippen molar-refractivity contribution >= 4 is 24.7 Å². The van der Waals surface area contributed by atoms with Crippen LogP contribution < -0.4 is 10.4 Å². The third-order valence-electron chi connectivity index (χ3n) is 6.77. The summed E-state index contributed by atoms with van der Waals surface area (Å²) >= 11 is 0. The van der Waals surface area contributed by atoms with Gasteiger partial charge in [0.25, 0.3) is 8.32 Å². The molecule has 0 saturated heterocycles. The van der Waals surface area contributed by atoms with E-state index < -0.39 is 14.4 Å². The Morgan fingerprint density at radius 2 is 1.52 bits per heavy atom. The molecule has 0 heterocycles. The molecule has 2 aromatic rings. The molecule has 31 heavy (non-hydrogen) atoms. The Morgan fingerprint density at radius 3 is 1.94 bits per heavy atom. The van der Waals surface area contributed by atoms with Crippen molar-refractivity contribution in [1.82, 2.24) is 0 Å². The lowest BCUT2D eigenvalue weighted by Gasteiger charge is -2.49. The van der Waals surface area contributed by atoms with Crippen LogP contribution in [0.25, 0.3) is 0 Å². The third kappa shape index (κ3) is 4.64. The van der Waals surface area contributed by atoms with Gasteiger partial charge in [0, 0.05) is 5.92 Å². The minimum atomic E-state index is -2.76. The van der Waals surface area contributed by atoms with Gasteiger partial charge in [-0.3, -0.25) is 4.79 Å². The molecule has 0 spiro atoms. The van der Waals surface area contributed by atoms with E-state index in [2.05, 4.69) is 76.2 Å². The highest BCUT2D eigenvalue weighted by atomic mass is 28.4. The van der Waals surface area contributed by atoms with Crippen LogP contribution >= 0.6 is 0 Å². The Balaban J connectivity index is 2.14. The Hall–Kier alpha value is -1.95. The number of hydrogen-bond donors (Lipinski definition) is 1. The second kappa shape index (κ2) is 9.68. The van der Waals surface area contributed by atoms with Crippen molar-refractivity contribution in [2.75, 3.05) is 7.11 Å². The molecule has 0 aromatic heterocycles. The van der Waals surface area contributed by atoms with Gasteiger partial charge in [-0.05, 0) is 34.7 Å². The van der Waals surface area contributed by atoms with Crippen LogP contribution in [0, 0.1) is 11.8 Å². The third-order valence-corrected chi connectivity index (χ3v) is 11.8. The second-order valence-corrected chi connectivity index (χ2v) is 13.9.